The molecule has 1 aromatic heterocycles. The number of nitrogens with zero attached hydrogens (tertiary/aromatic N) is 6. The van der Waals surface area contributed by atoms with Crippen LogP contribution in [0.1, 0.15) is 44.6 Å². The molecule has 3 aliphatic rings. The molecule has 2 aromatic rings. The van der Waals surface area contributed by atoms with Gasteiger partial charge in [0.25, 0.3) is 0 Å². The van der Waals surface area contributed by atoms with Crippen molar-refractivity contribution in [2.24, 2.45) is 0 Å². The number of unbranched alkanes of at least 4 members (excludes halogenated alkanes) is 2. The van der Waals surface area contributed by atoms with Gasteiger partial charge < -0.3 is 25.0 Å². The molecule has 0 spiro atoms. The summed E-state index contributed by atoms with van der Waals surface area (Å²) >= 11 is 6.47. The molecule has 212 valence electrons. The van der Waals surface area contributed by atoms with Crippen molar-refractivity contribution in [2.45, 2.75) is 51.6 Å². The first kappa shape index (κ1) is 27.7. The fourth-order valence-electron chi connectivity index (χ4n) is 5.09. The van der Waals surface area contributed by atoms with Gasteiger partial charge in [0.15, 0.2) is 11.6 Å². The number of phenols is 1. The lowest BCUT2D eigenvalue weighted by Crippen LogP contribution is -2.49. The summed E-state index contributed by atoms with van der Waals surface area (Å²) in [6.45, 7) is 8.49. The van der Waals surface area contributed by atoms with E-state index in [1.54, 1.807) is 18.0 Å². The minimum absolute atomic E-state index is 0.0234. The molecule has 0 radical (unpaired) electrons. The second-order valence-corrected chi connectivity index (χ2v) is 10.8. The number of anilines is 3. The summed E-state index contributed by atoms with van der Waals surface area (Å²) in [4.78, 5) is 30.5. The van der Waals surface area contributed by atoms with Gasteiger partial charge in [-0.3, -0.25) is 9.80 Å². The summed E-state index contributed by atoms with van der Waals surface area (Å²) in [6.07, 6.45) is 6.62. The second-order valence-electron chi connectivity index (χ2n) is 10.4. The number of nitrogens with one attached hydrogen (secondary N) is 1. The van der Waals surface area contributed by atoms with E-state index in [0.29, 0.717) is 17.3 Å². The third kappa shape index (κ3) is 6.15. The van der Waals surface area contributed by atoms with Crippen LogP contribution in [0.25, 0.3) is 0 Å². The summed E-state index contributed by atoms with van der Waals surface area (Å²) in [5, 5.41) is 13.4. The normalized spacial score (nSPS) is 18.4. The van der Waals surface area contributed by atoms with E-state index >= 15 is 4.39 Å². The second kappa shape index (κ2) is 12.1. The molecule has 12 heteroatoms. The summed E-state index contributed by atoms with van der Waals surface area (Å²) in [5.74, 6) is -0.478. The number of halogens is 2. The molecular weight excluding hydrogens is 525 g/mol. The Balaban J connectivity index is 1.25. The lowest BCUT2D eigenvalue weighted by molar-refractivity contribution is 0.152. The zero-order valence-corrected chi connectivity index (χ0v) is 23.4. The highest BCUT2D eigenvalue weighted by Crippen LogP contribution is 2.45. The number of rotatable bonds is 11. The highest BCUT2D eigenvalue weighted by Gasteiger charge is 2.43. The van der Waals surface area contributed by atoms with Crippen LogP contribution in [-0.2, 0) is 6.54 Å². The predicted molar refractivity (Wildman–Crippen MR) is 150 cm³/mol. The van der Waals surface area contributed by atoms with E-state index in [2.05, 4.69) is 32.1 Å². The maximum Gasteiger partial charge on any atom is 0.330 e. The van der Waals surface area contributed by atoms with Crippen molar-refractivity contribution in [1.82, 2.24) is 19.8 Å². The third-order valence-electron chi connectivity index (χ3n) is 7.47. The van der Waals surface area contributed by atoms with Crippen molar-refractivity contribution >= 4 is 35.1 Å². The van der Waals surface area contributed by atoms with Crippen LogP contribution in [0, 0.1) is 5.82 Å². The Morgan fingerprint density at radius 2 is 1.97 bits per heavy atom. The number of ether oxygens (including phenoxy) is 1. The van der Waals surface area contributed by atoms with Crippen molar-refractivity contribution in [3.8, 4) is 11.5 Å². The molecule has 3 heterocycles. The number of piperazine rings is 1. The van der Waals surface area contributed by atoms with Gasteiger partial charge in [-0.1, -0.05) is 18.0 Å². The maximum atomic E-state index is 15.1. The number of fused-ring (bicyclic) bond motifs is 1. The number of aromatic hydroxyl groups is 1. The Labute approximate surface area is 233 Å². The first-order valence-electron chi connectivity index (χ1n) is 13.8. The SMILES string of the molecule is CCOc1cc(O)c(F)c(N2Cc3cnc(NCCCCCN4CCN(C)CC4)nc3N(C3CC3)C2=O)c1Cl. The number of carbonyl (C=O) groups excluding carboxylic acids is 1. The highest BCUT2D eigenvalue weighted by atomic mass is 35.5. The lowest BCUT2D eigenvalue weighted by atomic mass is 10.1. The largest absolute Gasteiger partial charge is 0.505 e. The molecule has 2 amide bonds. The van der Waals surface area contributed by atoms with Gasteiger partial charge in [-0.05, 0) is 46.2 Å². The van der Waals surface area contributed by atoms with Gasteiger partial charge >= 0.3 is 6.03 Å². The predicted octanol–water partition coefficient (Wildman–Crippen LogP) is 4.31. The average Bonchev–Trinajstić information content (AvgIpc) is 3.76. The van der Waals surface area contributed by atoms with Gasteiger partial charge in [0.1, 0.15) is 22.3 Å². The molecular formula is C27H37ClFN7O3. The minimum Gasteiger partial charge on any atom is -0.505 e. The fourth-order valence-corrected chi connectivity index (χ4v) is 5.38. The van der Waals surface area contributed by atoms with Gasteiger partial charge in [-0.25, -0.2) is 14.2 Å². The van der Waals surface area contributed by atoms with Gasteiger partial charge in [-0.15, -0.1) is 0 Å². The summed E-state index contributed by atoms with van der Waals surface area (Å²) < 4.78 is 20.6. The topological polar surface area (TPSA) is 97.3 Å². The summed E-state index contributed by atoms with van der Waals surface area (Å²) in [7, 11) is 2.17. The number of amides is 2. The molecule has 2 aliphatic heterocycles. The van der Waals surface area contributed by atoms with Crippen molar-refractivity contribution in [3.63, 3.8) is 0 Å². The van der Waals surface area contributed by atoms with Crippen LogP contribution >= 0.6 is 11.6 Å². The fraction of sp³-hybridized carbons (Fsp3) is 0.593. The smallest absolute Gasteiger partial charge is 0.330 e. The number of likely N-dealkylation sites (N-methyl/N-ethyl adjacent to an activating group) is 1. The molecule has 10 nitrogen and oxygen atoms in total. The average molecular weight is 562 g/mol. The van der Waals surface area contributed by atoms with E-state index in [-0.39, 0.29) is 35.7 Å². The van der Waals surface area contributed by atoms with E-state index in [0.717, 1.165) is 77.4 Å². The van der Waals surface area contributed by atoms with Crippen LogP contribution in [0.2, 0.25) is 5.02 Å². The number of carbonyl (C=O) groups is 1. The van der Waals surface area contributed by atoms with Crippen molar-refractivity contribution in [2.75, 3.05) is 68.0 Å². The molecule has 1 saturated carbocycles. The number of hydrogen-bond donors (Lipinski definition) is 2. The van der Waals surface area contributed by atoms with Crippen LogP contribution in [0.5, 0.6) is 11.5 Å². The van der Waals surface area contributed by atoms with Crippen LogP contribution in [0.3, 0.4) is 0 Å². The van der Waals surface area contributed by atoms with Crippen LogP contribution < -0.4 is 19.9 Å². The van der Waals surface area contributed by atoms with Crippen LogP contribution in [0.15, 0.2) is 12.3 Å². The highest BCUT2D eigenvalue weighted by molar-refractivity contribution is 6.35. The van der Waals surface area contributed by atoms with E-state index < -0.39 is 17.6 Å². The Morgan fingerprint density at radius 3 is 2.69 bits per heavy atom. The molecule has 2 N–H and O–H groups in total. The Hall–Kier alpha value is -2.89. The molecule has 0 bridgehead atoms. The van der Waals surface area contributed by atoms with Crippen LogP contribution in [0.4, 0.5) is 26.6 Å². The van der Waals surface area contributed by atoms with E-state index in [9.17, 15) is 9.90 Å². The number of hydrogen-bond acceptors (Lipinski definition) is 8. The number of benzene rings is 1. The van der Waals surface area contributed by atoms with Crippen molar-refractivity contribution < 1.29 is 19.0 Å². The Morgan fingerprint density at radius 1 is 1.21 bits per heavy atom. The van der Waals surface area contributed by atoms with Crippen molar-refractivity contribution in [3.05, 3.63) is 28.7 Å². The molecule has 1 aliphatic carbocycles. The van der Waals surface area contributed by atoms with Crippen LogP contribution in [-0.4, -0.2) is 89.9 Å². The minimum atomic E-state index is -0.970. The monoisotopic (exact) mass is 561 g/mol. The molecule has 39 heavy (non-hydrogen) atoms. The molecule has 0 atom stereocenters. The van der Waals surface area contributed by atoms with Gasteiger partial charge in [0, 0.05) is 56.6 Å². The molecule has 2 fully saturated rings. The van der Waals surface area contributed by atoms with Gasteiger partial charge in [-0.2, -0.15) is 4.98 Å². The molecule has 5 rings (SSSR count). The molecule has 1 aromatic carbocycles. The number of aromatic nitrogens is 2. The van der Waals surface area contributed by atoms with E-state index in [1.165, 1.54) is 4.90 Å². The van der Waals surface area contributed by atoms with E-state index in [1.807, 2.05) is 0 Å². The number of urea groups is 1. The zero-order valence-electron chi connectivity index (χ0n) is 22.6. The van der Waals surface area contributed by atoms with Gasteiger partial charge in [0.05, 0.1) is 13.2 Å². The quantitative estimate of drug-likeness (QED) is 0.392. The lowest BCUT2D eigenvalue weighted by Gasteiger charge is -2.37. The number of phenolic OH excluding ortho intramolecular Hbond substituents is 1. The summed E-state index contributed by atoms with van der Waals surface area (Å²) in [5.41, 5.74) is 0.469. The Kier molecular flexibility index (Phi) is 8.58. The maximum absolute atomic E-state index is 15.1. The zero-order chi connectivity index (χ0) is 27.5. The van der Waals surface area contributed by atoms with Gasteiger partial charge in [0.2, 0.25) is 5.95 Å². The Bertz CT molecular complexity index is 1190. The molecule has 1 saturated heterocycles. The first-order valence-corrected chi connectivity index (χ1v) is 14.2. The molecule has 0 unspecified atom stereocenters. The summed E-state index contributed by atoms with van der Waals surface area (Å²) in [6, 6.07) is 0.661. The van der Waals surface area contributed by atoms with Crippen molar-refractivity contribution in [1.29, 1.82) is 0 Å². The third-order valence-corrected chi connectivity index (χ3v) is 7.84. The first-order chi connectivity index (χ1) is 18.9. The standard InChI is InChI=1S/C27H37ClFN7O3/c1-3-39-21-15-20(37)23(29)24(22(21)28)35-17-18-16-31-26(32-25(18)36(27(35)38)19-7-8-19)30-9-5-4-6-10-34-13-11-33(2)12-14-34/h15-16,19,37H,3-14,17H2,1-2H3,(H,30,31,32). The van der Waals surface area contributed by atoms with E-state index in [4.69, 9.17) is 16.3 Å².